The van der Waals surface area contributed by atoms with Crippen molar-refractivity contribution in [2.45, 2.75) is 0 Å². The lowest BCUT2D eigenvalue weighted by atomic mass is 9.99. The summed E-state index contributed by atoms with van der Waals surface area (Å²) in [4.78, 5) is 7.36. The van der Waals surface area contributed by atoms with Crippen molar-refractivity contribution >= 4 is 89.3 Å². The van der Waals surface area contributed by atoms with Crippen molar-refractivity contribution in [1.82, 2.24) is 4.98 Å². The minimum absolute atomic E-state index is 0.625. The molecule has 0 radical (unpaired) electrons. The maximum Gasteiger partial charge on any atom is 0.227 e. The summed E-state index contributed by atoms with van der Waals surface area (Å²) in [5, 5.41) is 12.3. The molecule has 59 heavy (non-hydrogen) atoms. The molecule has 11 aromatic rings. The van der Waals surface area contributed by atoms with E-state index in [0.717, 1.165) is 55.3 Å². The van der Waals surface area contributed by atoms with E-state index in [-0.39, 0.29) is 0 Å². The lowest BCUT2D eigenvalue weighted by Crippen LogP contribution is -2.74. The van der Waals surface area contributed by atoms with Crippen LogP contribution in [-0.4, -0.2) is 13.1 Å². The van der Waals surface area contributed by atoms with Crippen LogP contribution in [0.5, 0.6) is 0 Å². The zero-order valence-corrected chi connectivity index (χ0v) is 33.2. The van der Waals surface area contributed by atoms with Crippen molar-refractivity contribution < 1.29 is 4.42 Å². The first kappa shape index (κ1) is 34.7. The molecule has 0 aliphatic carbocycles. The molecule has 10 aromatic carbocycles. The van der Waals surface area contributed by atoms with E-state index in [2.05, 4.69) is 205 Å². The molecule has 1 aromatic heterocycles. The average molecular weight is 771 g/mol. The van der Waals surface area contributed by atoms with Crippen LogP contribution in [0.3, 0.4) is 0 Å². The highest BCUT2D eigenvalue weighted by atomic mass is 28.3. The maximum absolute atomic E-state index is 6.64. The van der Waals surface area contributed by atoms with E-state index in [1.165, 1.54) is 31.5 Å². The number of hydrogen-bond donors (Lipinski definition) is 0. The molecule has 0 unspecified atom stereocenters. The van der Waals surface area contributed by atoms with Gasteiger partial charge in [-0.25, -0.2) is 4.98 Å². The number of benzene rings is 10. The van der Waals surface area contributed by atoms with E-state index < -0.39 is 8.07 Å². The number of rotatable bonds is 8. The number of aromatic nitrogens is 1. The fourth-order valence-electron chi connectivity index (χ4n) is 9.19. The van der Waals surface area contributed by atoms with Crippen molar-refractivity contribution in [3.05, 3.63) is 231 Å². The van der Waals surface area contributed by atoms with Gasteiger partial charge in [0, 0.05) is 27.7 Å². The molecule has 0 bridgehead atoms. The number of oxazole rings is 1. The van der Waals surface area contributed by atoms with Crippen molar-refractivity contribution in [2.24, 2.45) is 0 Å². The van der Waals surface area contributed by atoms with Crippen LogP contribution in [0.1, 0.15) is 0 Å². The van der Waals surface area contributed by atoms with Gasteiger partial charge in [0.25, 0.3) is 0 Å². The number of fused-ring (bicyclic) bond motifs is 6. The Kier molecular flexibility index (Phi) is 8.49. The van der Waals surface area contributed by atoms with Gasteiger partial charge in [0.05, 0.1) is 5.69 Å². The number of hydrogen-bond acceptors (Lipinski definition) is 3. The highest BCUT2D eigenvalue weighted by Gasteiger charge is 2.42. The molecule has 1 heterocycles. The zero-order chi connectivity index (χ0) is 39.2. The third-order valence-corrected chi connectivity index (χ3v) is 16.6. The zero-order valence-electron chi connectivity index (χ0n) is 32.2. The predicted octanol–water partition coefficient (Wildman–Crippen LogP) is 11.8. The Morgan fingerprint density at radius 3 is 1.58 bits per heavy atom. The summed E-state index contributed by atoms with van der Waals surface area (Å²) < 4.78 is 6.64. The first-order valence-electron chi connectivity index (χ1n) is 20.1. The summed E-state index contributed by atoms with van der Waals surface area (Å²) in [6.07, 6.45) is 0. The van der Waals surface area contributed by atoms with Crippen LogP contribution >= 0.6 is 0 Å². The van der Waals surface area contributed by atoms with Crippen molar-refractivity contribution in [3.8, 4) is 11.5 Å². The van der Waals surface area contributed by atoms with Crippen LogP contribution in [0.15, 0.2) is 235 Å². The van der Waals surface area contributed by atoms with Gasteiger partial charge in [-0.2, -0.15) is 0 Å². The van der Waals surface area contributed by atoms with Gasteiger partial charge in [-0.15, -0.1) is 0 Å². The highest BCUT2D eigenvalue weighted by molar-refractivity contribution is 7.20. The van der Waals surface area contributed by atoms with E-state index in [4.69, 9.17) is 9.40 Å². The molecule has 0 aliphatic rings. The summed E-state index contributed by atoms with van der Waals surface area (Å²) in [7, 11) is -2.83. The van der Waals surface area contributed by atoms with Crippen molar-refractivity contribution in [2.75, 3.05) is 4.90 Å². The smallest absolute Gasteiger partial charge is 0.227 e. The molecule has 0 amide bonds. The molecule has 0 atom stereocenters. The predicted molar refractivity (Wildman–Crippen MR) is 250 cm³/mol. The SMILES string of the molecule is c1ccc(-c2nc3ccc4ccc5ccc(N(c6ccccc6)c6ccc([Si](c7ccccc7)(c7ccccc7)c7ccccc7)c7ccccc67)cc5c4c3o2)cc1. The van der Waals surface area contributed by atoms with Gasteiger partial charge < -0.3 is 9.32 Å². The molecule has 4 heteroatoms. The Morgan fingerprint density at radius 2 is 0.932 bits per heavy atom. The van der Waals surface area contributed by atoms with E-state index >= 15 is 0 Å². The molecule has 0 aliphatic heterocycles. The quantitative estimate of drug-likeness (QED) is 0.0875. The third kappa shape index (κ3) is 5.76. The van der Waals surface area contributed by atoms with Gasteiger partial charge in [-0.05, 0) is 90.8 Å². The Labute approximate surface area is 344 Å². The van der Waals surface area contributed by atoms with Gasteiger partial charge in [-0.3, -0.25) is 0 Å². The maximum atomic E-state index is 6.64. The molecule has 11 rings (SSSR count). The molecule has 0 spiro atoms. The van der Waals surface area contributed by atoms with Gasteiger partial charge >= 0.3 is 0 Å². The second-order valence-electron chi connectivity index (χ2n) is 15.1. The molecule has 0 fully saturated rings. The molecule has 0 N–H and O–H groups in total. The fourth-order valence-corrected chi connectivity index (χ4v) is 14.2. The summed E-state index contributed by atoms with van der Waals surface area (Å²) >= 11 is 0. The first-order chi connectivity index (χ1) is 29.3. The van der Waals surface area contributed by atoms with E-state index in [0.29, 0.717) is 5.89 Å². The lowest BCUT2D eigenvalue weighted by Gasteiger charge is -2.36. The Hall–Kier alpha value is -7.53. The fraction of sp³-hybridized carbons (Fsp3) is 0. The Balaban J connectivity index is 1.17. The number of anilines is 3. The van der Waals surface area contributed by atoms with Crippen LogP contribution in [0, 0.1) is 0 Å². The van der Waals surface area contributed by atoms with Gasteiger partial charge in [0.2, 0.25) is 5.89 Å². The Morgan fingerprint density at radius 1 is 0.407 bits per heavy atom. The summed E-state index contributed by atoms with van der Waals surface area (Å²) in [6.45, 7) is 0. The molecular formula is C55H38N2OSi. The first-order valence-corrected chi connectivity index (χ1v) is 22.1. The normalized spacial score (nSPS) is 11.7. The summed E-state index contributed by atoms with van der Waals surface area (Å²) in [6, 6.07) is 83.6. The van der Waals surface area contributed by atoms with E-state index in [9.17, 15) is 0 Å². The average Bonchev–Trinajstić information content (AvgIpc) is 3.76. The summed E-state index contributed by atoms with van der Waals surface area (Å²) in [5.74, 6) is 0.625. The minimum Gasteiger partial charge on any atom is -0.435 e. The highest BCUT2D eigenvalue weighted by Crippen LogP contribution is 2.42. The standard InChI is InChI=1S/C55H38N2OSi/c1-6-18-41(19-7-1)55-56-50-35-33-40-31-30-39-32-34-43(38-49(39)53(40)54(50)58-55)57(42-20-8-2-9-21-42)51-36-37-52(48-29-17-16-28-47(48)51)59(44-22-10-3-11-23-44,45-24-12-4-13-25-45)46-26-14-5-15-27-46/h1-38H. The van der Waals surface area contributed by atoms with E-state index in [1.807, 2.05) is 30.3 Å². The third-order valence-electron chi connectivity index (χ3n) is 11.8. The Bertz CT molecular complexity index is 3160. The van der Waals surface area contributed by atoms with E-state index in [1.54, 1.807) is 0 Å². The topological polar surface area (TPSA) is 29.3 Å². The second-order valence-corrected chi connectivity index (χ2v) is 18.8. The largest absolute Gasteiger partial charge is 0.435 e. The van der Waals surface area contributed by atoms with Gasteiger partial charge in [0.15, 0.2) is 13.7 Å². The molecular weight excluding hydrogens is 733 g/mol. The monoisotopic (exact) mass is 770 g/mol. The molecule has 3 nitrogen and oxygen atoms in total. The van der Waals surface area contributed by atoms with Gasteiger partial charge in [0.1, 0.15) is 5.52 Å². The lowest BCUT2D eigenvalue weighted by molar-refractivity contribution is 0.623. The van der Waals surface area contributed by atoms with Gasteiger partial charge in [-0.1, -0.05) is 182 Å². The van der Waals surface area contributed by atoms with Crippen LogP contribution in [0.4, 0.5) is 17.1 Å². The van der Waals surface area contributed by atoms with Crippen LogP contribution in [0.25, 0.3) is 54.9 Å². The second kappa shape index (κ2) is 14.4. The van der Waals surface area contributed by atoms with Crippen molar-refractivity contribution in [3.63, 3.8) is 0 Å². The molecule has 0 saturated carbocycles. The minimum atomic E-state index is -2.83. The van der Waals surface area contributed by atoms with Crippen LogP contribution in [-0.2, 0) is 0 Å². The van der Waals surface area contributed by atoms with Crippen LogP contribution < -0.4 is 25.6 Å². The summed E-state index contributed by atoms with van der Waals surface area (Å²) in [5.41, 5.74) is 5.86. The number of nitrogens with zero attached hydrogens (tertiary/aromatic N) is 2. The number of para-hydroxylation sites is 1. The molecule has 0 saturated heterocycles. The van der Waals surface area contributed by atoms with Crippen molar-refractivity contribution in [1.29, 1.82) is 0 Å². The molecule has 278 valence electrons. The van der Waals surface area contributed by atoms with Crippen LogP contribution in [0.2, 0.25) is 0 Å².